The number of nitrogens with zero attached hydrogens (tertiary/aromatic N) is 2. The number of amides is 2. The minimum absolute atomic E-state index is 0.0823. The standard InChI is InChI=1S/C14H22N2O3S/c1-10(11-7-6-8-20-11)15(5)13(19)16(9-12(17)18)14(2,3)4/h6-8,10H,9H2,1-5H3,(H,17,18). The summed E-state index contributed by atoms with van der Waals surface area (Å²) < 4.78 is 0. The van der Waals surface area contributed by atoms with Gasteiger partial charge in [-0.1, -0.05) is 6.07 Å². The average Bonchev–Trinajstić information content (AvgIpc) is 2.85. The zero-order valence-corrected chi connectivity index (χ0v) is 13.4. The van der Waals surface area contributed by atoms with E-state index in [1.165, 1.54) is 4.90 Å². The second-order valence-electron chi connectivity index (χ2n) is 5.74. The van der Waals surface area contributed by atoms with Gasteiger partial charge in [0.05, 0.1) is 6.04 Å². The molecule has 1 unspecified atom stereocenters. The lowest BCUT2D eigenvalue weighted by Crippen LogP contribution is -2.53. The lowest BCUT2D eigenvalue weighted by Gasteiger charge is -2.38. The molecule has 1 N–H and O–H groups in total. The second kappa shape index (κ2) is 6.26. The lowest BCUT2D eigenvalue weighted by atomic mass is 10.1. The van der Waals surface area contributed by atoms with Crippen LogP contribution < -0.4 is 0 Å². The van der Waals surface area contributed by atoms with Gasteiger partial charge < -0.3 is 14.9 Å². The number of hydrogen-bond donors (Lipinski definition) is 1. The number of carboxylic acid groups (broad SMARTS) is 1. The van der Waals surface area contributed by atoms with Crippen molar-refractivity contribution in [1.82, 2.24) is 9.80 Å². The van der Waals surface area contributed by atoms with Gasteiger partial charge in [-0.2, -0.15) is 0 Å². The Morgan fingerprint density at radius 3 is 2.40 bits per heavy atom. The first-order valence-electron chi connectivity index (χ1n) is 6.44. The van der Waals surface area contributed by atoms with E-state index >= 15 is 0 Å². The summed E-state index contributed by atoms with van der Waals surface area (Å²) in [5, 5.41) is 11.0. The minimum Gasteiger partial charge on any atom is -0.480 e. The van der Waals surface area contributed by atoms with Crippen molar-refractivity contribution in [2.75, 3.05) is 13.6 Å². The predicted octanol–water partition coefficient (Wildman–Crippen LogP) is 3.05. The van der Waals surface area contributed by atoms with E-state index in [-0.39, 0.29) is 18.6 Å². The number of carboxylic acids is 1. The van der Waals surface area contributed by atoms with Crippen LogP contribution in [0.1, 0.15) is 38.6 Å². The monoisotopic (exact) mass is 298 g/mol. The van der Waals surface area contributed by atoms with Crippen molar-refractivity contribution in [2.24, 2.45) is 0 Å². The summed E-state index contributed by atoms with van der Waals surface area (Å²) in [4.78, 5) is 27.6. The molecule has 1 heterocycles. The highest BCUT2D eigenvalue weighted by Gasteiger charge is 2.32. The smallest absolute Gasteiger partial charge is 0.323 e. The van der Waals surface area contributed by atoms with Crippen LogP contribution in [0.2, 0.25) is 0 Å². The molecule has 0 saturated carbocycles. The molecule has 0 aromatic carbocycles. The van der Waals surface area contributed by atoms with Crippen LogP contribution in [0.4, 0.5) is 4.79 Å². The summed E-state index contributed by atoms with van der Waals surface area (Å²) in [6.07, 6.45) is 0. The highest BCUT2D eigenvalue weighted by atomic mass is 32.1. The molecule has 0 saturated heterocycles. The third-order valence-electron chi connectivity index (χ3n) is 3.17. The number of aliphatic carboxylic acids is 1. The van der Waals surface area contributed by atoms with Gasteiger partial charge in [0.2, 0.25) is 0 Å². The maximum atomic E-state index is 12.6. The molecule has 5 nitrogen and oxygen atoms in total. The van der Waals surface area contributed by atoms with Crippen molar-refractivity contribution >= 4 is 23.3 Å². The quantitative estimate of drug-likeness (QED) is 0.929. The Bertz CT molecular complexity index is 465. The fraction of sp³-hybridized carbons (Fsp3) is 0.571. The molecule has 112 valence electrons. The van der Waals surface area contributed by atoms with Gasteiger partial charge in [-0.15, -0.1) is 11.3 Å². The first-order valence-corrected chi connectivity index (χ1v) is 7.32. The number of thiophene rings is 1. The number of carbonyl (C=O) groups excluding carboxylic acids is 1. The molecular weight excluding hydrogens is 276 g/mol. The van der Waals surface area contributed by atoms with Gasteiger partial charge in [0.15, 0.2) is 0 Å². The molecule has 1 rings (SSSR count). The Labute approximate surface area is 123 Å². The normalized spacial score (nSPS) is 12.8. The third-order valence-corrected chi connectivity index (χ3v) is 4.21. The minimum atomic E-state index is -1.01. The van der Waals surface area contributed by atoms with Crippen molar-refractivity contribution in [2.45, 2.75) is 39.3 Å². The van der Waals surface area contributed by atoms with Crippen molar-refractivity contribution in [3.63, 3.8) is 0 Å². The second-order valence-corrected chi connectivity index (χ2v) is 6.71. The van der Waals surface area contributed by atoms with E-state index < -0.39 is 11.5 Å². The van der Waals surface area contributed by atoms with Crippen molar-refractivity contribution < 1.29 is 14.7 Å². The Hall–Kier alpha value is -1.56. The molecular formula is C14H22N2O3S. The van der Waals surface area contributed by atoms with Gasteiger partial charge in [-0.05, 0) is 39.1 Å². The van der Waals surface area contributed by atoms with Gasteiger partial charge in [0.25, 0.3) is 0 Å². The Balaban J connectivity index is 2.91. The van der Waals surface area contributed by atoms with Gasteiger partial charge in [-0.25, -0.2) is 4.79 Å². The first kappa shape index (κ1) is 16.5. The van der Waals surface area contributed by atoms with E-state index in [1.54, 1.807) is 23.3 Å². The van der Waals surface area contributed by atoms with Crippen LogP contribution in [0.15, 0.2) is 17.5 Å². The summed E-state index contributed by atoms with van der Waals surface area (Å²) in [5.41, 5.74) is -0.543. The SMILES string of the molecule is CC(c1cccs1)N(C)C(=O)N(CC(=O)O)C(C)(C)C. The summed E-state index contributed by atoms with van der Waals surface area (Å²) in [5.74, 6) is -1.01. The van der Waals surface area contributed by atoms with Crippen LogP contribution in [-0.4, -0.2) is 46.0 Å². The molecule has 0 spiro atoms. The van der Waals surface area contributed by atoms with E-state index in [0.29, 0.717) is 0 Å². The van der Waals surface area contributed by atoms with Gasteiger partial charge in [0, 0.05) is 17.5 Å². The molecule has 0 aliphatic carbocycles. The van der Waals surface area contributed by atoms with Gasteiger partial charge in [0.1, 0.15) is 6.54 Å². The zero-order valence-electron chi connectivity index (χ0n) is 12.6. The van der Waals surface area contributed by atoms with Crippen molar-refractivity contribution in [3.05, 3.63) is 22.4 Å². The van der Waals surface area contributed by atoms with E-state index in [9.17, 15) is 9.59 Å². The molecule has 0 aliphatic rings. The average molecular weight is 298 g/mol. The fourth-order valence-corrected chi connectivity index (χ4v) is 2.63. The van der Waals surface area contributed by atoms with Crippen LogP contribution in [0.25, 0.3) is 0 Å². The summed E-state index contributed by atoms with van der Waals surface area (Å²) in [6, 6.07) is 3.55. The van der Waals surface area contributed by atoms with E-state index in [4.69, 9.17) is 5.11 Å². The zero-order chi connectivity index (χ0) is 15.5. The van der Waals surface area contributed by atoms with E-state index in [1.807, 2.05) is 45.2 Å². The number of rotatable bonds is 4. The fourth-order valence-electron chi connectivity index (χ4n) is 1.80. The molecule has 0 bridgehead atoms. The number of hydrogen-bond acceptors (Lipinski definition) is 3. The topological polar surface area (TPSA) is 60.9 Å². The molecule has 20 heavy (non-hydrogen) atoms. The van der Waals surface area contributed by atoms with Crippen LogP contribution in [0.3, 0.4) is 0 Å². The predicted molar refractivity (Wildman–Crippen MR) is 80.0 cm³/mol. The number of carbonyl (C=O) groups is 2. The Kier molecular flexibility index (Phi) is 5.16. The van der Waals surface area contributed by atoms with Gasteiger partial charge >= 0.3 is 12.0 Å². The molecule has 0 radical (unpaired) electrons. The summed E-state index contributed by atoms with van der Waals surface area (Å²) in [6.45, 7) is 7.13. The van der Waals surface area contributed by atoms with Crippen LogP contribution in [-0.2, 0) is 4.79 Å². The Morgan fingerprint density at radius 2 is 2.00 bits per heavy atom. The lowest BCUT2D eigenvalue weighted by molar-refractivity contribution is -0.138. The highest BCUT2D eigenvalue weighted by Crippen LogP contribution is 2.26. The molecule has 2 amide bonds. The molecule has 0 aliphatic heterocycles. The first-order chi connectivity index (χ1) is 9.14. The molecule has 1 aromatic heterocycles. The summed E-state index contributed by atoms with van der Waals surface area (Å²) >= 11 is 1.58. The maximum absolute atomic E-state index is 12.6. The Morgan fingerprint density at radius 1 is 1.40 bits per heavy atom. The van der Waals surface area contributed by atoms with Crippen LogP contribution in [0, 0.1) is 0 Å². The molecule has 1 atom stereocenters. The number of urea groups is 1. The molecule has 0 fully saturated rings. The highest BCUT2D eigenvalue weighted by molar-refractivity contribution is 7.10. The van der Waals surface area contributed by atoms with E-state index in [2.05, 4.69) is 0 Å². The summed E-state index contributed by atoms with van der Waals surface area (Å²) in [7, 11) is 1.70. The molecule has 6 heteroatoms. The van der Waals surface area contributed by atoms with Crippen molar-refractivity contribution in [3.8, 4) is 0 Å². The van der Waals surface area contributed by atoms with Crippen LogP contribution in [0.5, 0.6) is 0 Å². The molecule has 1 aromatic rings. The van der Waals surface area contributed by atoms with Crippen molar-refractivity contribution in [1.29, 1.82) is 0 Å². The van der Waals surface area contributed by atoms with Gasteiger partial charge in [-0.3, -0.25) is 4.79 Å². The maximum Gasteiger partial charge on any atom is 0.323 e. The van der Waals surface area contributed by atoms with E-state index in [0.717, 1.165) is 4.88 Å². The third kappa shape index (κ3) is 3.96. The van der Waals surface area contributed by atoms with Crippen LogP contribution >= 0.6 is 11.3 Å². The largest absolute Gasteiger partial charge is 0.480 e.